The van der Waals surface area contributed by atoms with E-state index in [1.54, 1.807) is 12.3 Å². The lowest BCUT2D eigenvalue weighted by Crippen LogP contribution is -2.01. The number of ether oxygens (including phenoxy) is 1. The fourth-order valence-corrected chi connectivity index (χ4v) is 2.26. The molecule has 0 unspecified atom stereocenters. The molecule has 0 saturated carbocycles. The SMILES string of the molecule is Cc1ccc(C)c(OCc2cnc(Cl)cc2Cl)c1C. The third kappa shape index (κ3) is 3.20. The molecule has 0 aliphatic rings. The first kappa shape index (κ1) is 14.2. The van der Waals surface area contributed by atoms with Gasteiger partial charge in [-0.1, -0.05) is 35.3 Å². The van der Waals surface area contributed by atoms with Gasteiger partial charge in [-0.05, 0) is 43.5 Å². The Balaban J connectivity index is 2.21. The second-order valence-electron chi connectivity index (χ2n) is 4.54. The van der Waals surface area contributed by atoms with Crippen molar-refractivity contribution in [2.75, 3.05) is 0 Å². The van der Waals surface area contributed by atoms with Crippen LogP contribution in [-0.2, 0) is 6.61 Å². The minimum absolute atomic E-state index is 0.383. The largest absolute Gasteiger partial charge is 0.488 e. The Morgan fingerprint density at radius 3 is 2.47 bits per heavy atom. The topological polar surface area (TPSA) is 22.1 Å². The molecule has 0 atom stereocenters. The zero-order valence-electron chi connectivity index (χ0n) is 11.1. The molecule has 19 heavy (non-hydrogen) atoms. The monoisotopic (exact) mass is 295 g/mol. The lowest BCUT2D eigenvalue weighted by atomic mass is 10.1. The Kier molecular flexibility index (Phi) is 4.33. The molecule has 0 amide bonds. The molecule has 1 aromatic heterocycles. The predicted molar refractivity (Wildman–Crippen MR) is 79.2 cm³/mol. The average Bonchev–Trinajstić information content (AvgIpc) is 2.36. The highest BCUT2D eigenvalue weighted by atomic mass is 35.5. The second-order valence-corrected chi connectivity index (χ2v) is 5.34. The lowest BCUT2D eigenvalue weighted by molar-refractivity contribution is 0.301. The van der Waals surface area contributed by atoms with Gasteiger partial charge >= 0.3 is 0 Å². The standard InChI is InChI=1S/C15H15Cl2NO/c1-9-4-5-10(2)15(11(9)3)19-8-12-7-18-14(17)6-13(12)16/h4-7H,8H2,1-3H3. The van der Waals surface area contributed by atoms with E-state index < -0.39 is 0 Å². The number of halogens is 2. The summed E-state index contributed by atoms with van der Waals surface area (Å²) in [6, 6.07) is 5.77. The van der Waals surface area contributed by atoms with Gasteiger partial charge < -0.3 is 4.74 Å². The van der Waals surface area contributed by atoms with E-state index in [1.165, 1.54) is 5.56 Å². The number of pyridine rings is 1. The number of benzene rings is 1. The summed E-state index contributed by atoms with van der Waals surface area (Å²) in [5.41, 5.74) is 4.30. The van der Waals surface area contributed by atoms with E-state index in [-0.39, 0.29) is 0 Å². The van der Waals surface area contributed by atoms with E-state index >= 15 is 0 Å². The quantitative estimate of drug-likeness (QED) is 0.752. The van der Waals surface area contributed by atoms with Crippen LogP contribution in [0.3, 0.4) is 0 Å². The molecule has 2 aromatic rings. The van der Waals surface area contributed by atoms with Crippen molar-refractivity contribution in [3.05, 3.63) is 56.8 Å². The molecule has 0 saturated heterocycles. The molecule has 2 nitrogen and oxygen atoms in total. The van der Waals surface area contributed by atoms with Gasteiger partial charge in [0.05, 0.1) is 5.02 Å². The van der Waals surface area contributed by atoms with Crippen molar-refractivity contribution in [2.45, 2.75) is 27.4 Å². The zero-order valence-corrected chi connectivity index (χ0v) is 12.6. The Hall–Kier alpha value is -1.25. The van der Waals surface area contributed by atoms with E-state index in [9.17, 15) is 0 Å². The summed E-state index contributed by atoms with van der Waals surface area (Å²) in [6.45, 7) is 6.54. The smallest absolute Gasteiger partial charge is 0.130 e. The van der Waals surface area contributed by atoms with Crippen LogP contribution in [0.5, 0.6) is 5.75 Å². The number of nitrogens with zero attached hydrogens (tertiary/aromatic N) is 1. The van der Waals surface area contributed by atoms with Gasteiger partial charge in [-0.25, -0.2) is 4.98 Å². The normalized spacial score (nSPS) is 10.6. The molecule has 0 N–H and O–H groups in total. The first-order valence-corrected chi connectivity index (χ1v) is 6.74. The summed E-state index contributed by atoms with van der Waals surface area (Å²) >= 11 is 11.9. The fourth-order valence-electron chi connectivity index (χ4n) is 1.84. The van der Waals surface area contributed by atoms with Crippen LogP contribution in [0.2, 0.25) is 10.2 Å². The molecular formula is C15H15Cl2NO. The van der Waals surface area contributed by atoms with Crippen LogP contribution in [0.25, 0.3) is 0 Å². The highest BCUT2D eigenvalue weighted by Crippen LogP contribution is 2.27. The Labute approximate surface area is 123 Å². The van der Waals surface area contributed by atoms with E-state index in [4.69, 9.17) is 27.9 Å². The van der Waals surface area contributed by atoms with Gasteiger partial charge in [-0.15, -0.1) is 0 Å². The van der Waals surface area contributed by atoms with Gasteiger partial charge in [0.1, 0.15) is 17.5 Å². The maximum Gasteiger partial charge on any atom is 0.130 e. The molecule has 4 heteroatoms. The van der Waals surface area contributed by atoms with Crippen LogP contribution >= 0.6 is 23.2 Å². The number of hydrogen-bond acceptors (Lipinski definition) is 2. The number of aromatic nitrogens is 1. The van der Waals surface area contributed by atoms with Crippen LogP contribution in [0.1, 0.15) is 22.3 Å². The molecule has 0 aliphatic carbocycles. The maximum absolute atomic E-state index is 6.10. The number of hydrogen-bond donors (Lipinski definition) is 0. The van der Waals surface area contributed by atoms with E-state index in [1.807, 2.05) is 6.92 Å². The first-order valence-electron chi connectivity index (χ1n) is 5.98. The van der Waals surface area contributed by atoms with Gasteiger partial charge in [-0.2, -0.15) is 0 Å². The van der Waals surface area contributed by atoms with Crippen molar-refractivity contribution >= 4 is 23.2 Å². The molecular weight excluding hydrogens is 281 g/mol. The Morgan fingerprint density at radius 1 is 1.11 bits per heavy atom. The molecule has 100 valence electrons. The zero-order chi connectivity index (χ0) is 14.0. The maximum atomic E-state index is 6.10. The highest BCUT2D eigenvalue weighted by Gasteiger charge is 2.08. The van der Waals surface area contributed by atoms with Crippen LogP contribution in [0.4, 0.5) is 0 Å². The van der Waals surface area contributed by atoms with Crippen molar-refractivity contribution in [1.29, 1.82) is 0 Å². The molecule has 0 aliphatic heterocycles. The van der Waals surface area contributed by atoms with Crippen LogP contribution in [-0.4, -0.2) is 4.98 Å². The summed E-state index contributed by atoms with van der Waals surface area (Å²) in [5.74, 6) is 0.908. The third-order valence-electron chi connectivity index (χ3n) is 3.14. The van der Waals surface area contributed by atoms with E-state index in [0.29, 0.717) is 16.8 Å². The molecule has 1 aromatic carbocycles. The average molecular weight is 296 g/mol. The van der Waals surface area contributed by atoms with Gasteiger partial charge in [0.2, 0.25) is 0 Å². The van der Waals surface area contributed by atoms with Gasteiger partial charge in [0, 0.05) is 11.8 Å². The van der Waals surface area contributed by atoms with Crippen LogP contribution in [0.15, 0.2) is 24.4 Å². The molecule has 0 spiro atoms. The summed E-state index contributed by atoms with van der Waals surface area (Å²) in [5, 5.41) is 0.958. The molecule has 1 heterocycles. The molecule has 2 rings (SSSR count). The summed E-state index contributed by atoms with van der Waals surface area (Å²) in [6.07, 6.45) is 1.64. The Bertz CT molecular complexity index is 611. The van der Waals surface area contributed by atoms with Crippen molar-refractivity contribution < 1.29 is 4.74 Å². The lowest BCUT2D eigenvalue weighted by Gasteiger charge is -2.14. The van der Waals surface area contributed by atoms with Crippen molar-refractivity contribution in [1.82, 2.24) is 4.98 Å². The van der Waals surface area contributed by atoms with Crippen LogP contribution < -0.4 is 4.74 Å². The van der Waals surface area contributed by atoms with E-state index in [2.05, 4.69) is 31.0 Å². The van der Waals surface area contributed by atoms with Gasteiger partial charge in [0.15, 0.2) is 0 Å². The molecule has 0 radical (unpaired) electrons. The van der Waals surface area contributed by atoms with Crippen molar-refractivity contribution in [3.63, 3.8) is 0 Å². The van der Waals surface area contributed by atoms with Crippen LogP contribution in [0, 0.1) is 20.8 Å². The summed E-state index contributed by atoms with van der Waals surface area (Å²) < 4.78 is 5.89. The number of rotatable bonds is 3. The van der Waals surface area contributed by atoms with Gasteiger partial charge in [0.25, 0.3) is 0 Å². The van der Waals surface area contributed by atoms with Crippen molar-refractivity contribution in [2.24, 2.45) is 0 Å². The third-order valence-corrected chi connectivity index (χ3v) is 3.70. The predicted octanol–water partition coefficient (Wildman–Crippen LogP) is 4.89. The first-order chi connectivity index (χ1) is 8.99. The summed E-state index contributed by atoms with van der Waals surface area (Å²) in [7, 11) is 0. The minimum Gasteiger partial charge on any atom is -0.488 e. The van der Waals surface area contributed by atoms with E-state index in [0.717, 1.165) is 22.4 Å². The van der Waals surface area contributed by atoms with Crippen molar-refractivity contribution in [3.8, 4) is 5.75 Å². The Morgan fingerprint density at radius 2 is 1.79 bits per heavy atom. The highest BCUT2D eigenvalue weighted by molar-refractivity contribution is 6.34. The molecule has 0 fully saturated rings. The second kappa shape index (κ2) is 5.81. The number of aryl methyl sites for hydroxylation is 2. The van der Waals surface area contributed by atoms with Gasteiger partial charge in [-0.3, -0.25) is 0 Å². The fraction of sp³-hybridized carbons (Fsp3) is 0.267. The summed E-state index contributed by atoms with van der Waals surface area (Å²) in [4.78, 5) is 4.02. The minimum atomic E-state index is 0.383. The molecule has 0 bridgehead atoms.